The van der Waals surface area contributed by atoms with Crippen LogP contribution >= 0.6 is 0 Å². The summed E-state index contributed by atoms with van der Waals surface area (Å²) in [5.74, 6) is -0.858. The largest absolute Gasteiger partial charge is 0.507 e. The van der Waals surface area contributed by atoms with Crippen molar-refractivity contribution in [3.63, 3.8) is 0 Å². The average Bonchev–Trinajstić information content (AvgIpc) is 3.33. The number of nitrogens with zero attached hydrogens (tertiary/aromatic N) is 2. The predicted octanol–water partition coefficient (Wildman–Crippen LogP) is 6.86. The van der Waals surface area contributed by atoms with Gasteiger partial charge in [-0.25, -0.2) is 0 Å². The minimum Gasteiger partial charge on any atom is -0.507 e. The third-order valence-corrected chi connectivity index (χ3v) is 8.13. The van der Waals surface area contributed by atoms with Crippen LogP contribution in [0.3, 0.4) is 0 Å². The van der Waals surface area contributed by atoms with E-state index in [9.17, 15) is 20.3 Å². The molecule has 0 aliphatic rings. The van der Waals surface area contributed by atoms with Gasteiger partial charge in [-0.05, 0) is 62.1 Å². The summed E-state index contributed by atoms with van der Waals surface area (Å²) in [5.41, 5.74) is 6.30. The number of Topliss-reactive ketones (excluding diaryl/α,β-unsaturated/α-hetero) is 1. The van der Waals surface area contributed by atoms with E-state index < -0.39 is 5.92 Å². The molecule has 0 saturated heterocycles. The molecule has 42 heavy (non-hydrogen) atoms. The Bertz CT molecular complexity index is 1580. The summed E-state index contributed by atoms with van der Waals surface area (Å²) in [6.45, 7) is 21.8. The van der Waals surface area contributed by atoms with Gasteiger partial charge in [0.2, 0.25) is 0 Å². The van der Waals surface area contributed by atoms with Crippen molar-refractivity contribution < 1.29 is 15.0 Å². The third-order valence-electron chi connectivity index (χ3n) is 8.13. The fourth-order valence-electron chi connectivity index (χ4n) is 5.87. The number of nitriles is 1. The summed E-state index contributed by atoms with van der Waals surface area (Å²) in [5, 5.41) is 33.1. The van der Waals surface area contributed by atoms with Crippen LogP contribution in [0.4, 0.5) is 5.82 Å². The van der Waals surface area contributed by atoms with Gasteiger partial charge in [0.15, 0.2) is 0 Å². The molecule has 0 aliphatic heterocycles. The standard InChI is InChI=1S/C36H47N3O3/c1-10-12-14-39(15-13-11-2)30-19-27(33(38-30)31-23(6)16-22(5)17-24(31)7)18-28-25(8)29(20-37)36(42)32(35(28)41)26(9)34(40)21(3)4/h16-19,21,26,38,41-42H,8,10-15H2,1-7,9H3/b28-18-. The van der Waals surface area contributed by atoms with Crippen LogP contribution in [0.2, 0.25) is 0 Å². The number of ketones is 1. The zero-order valence-electron chi connectivity index (χ0n) is 26.6. The van der Waals surface area contributed by atoms with E-state index in [0.717, 1.165) is 72.5 Å². The highest BCUT2D eigenvalue weighted by molar-refractivity contribution is 5.89. The van der Waals surface area contributed by atoms with Gasteiger partial charge in [-0.3, -0.25) is 4.79 Å². The van der Waals surface area contributed by atoms with E-state index in [-0.39, 0.29) is 39.5 Å². The van der Waals surface area contributed by atoms with Crippen molar-refractivity contribution in [1.82, 2.24) is 4.98 Å². The molecule has 3 rings (SSSR count). The lowest BCUT2D eigenvalue weighted by molar-refractivity contribution is -0.123. The van der Waals surface area contributed by atoms with Gasteiger partial charge in [0, 0.05) is 46.8 Å². The van der Waals surface area contributed by atoms with Crippen molar-refractivity contribution in [3.05, 3.63) is 62.0 Å². The Kier molecular flexibility index (Phi) is 10.7. The molecule has 224 valence electrons. The lowest BCUT2D eigenvalue weighted by Gasteiger charge is -2.23. The second-order valence-corrected chi connectivity index (χ2v) is 11.9. The summed E-state index contributed by atoms with van der Waals surface area (Å²) in [6.07, 6.45) is 6.14. The van der Waals surface area contributed by atoms with Crippen LogP contribution in [-0.4, -0.2) is 34.1 Å². The average molecular weight is 570 g/mol. The Labute approximate surface area is 251 Å². The highest BCUT2D eigenvalue weighted by Crippen LogP contribution is 2.36. The molecule has 2 aromatic carbocycles. The fraction of sp³-hybridized carbons (Fsp3) is 0.444. The van der Waals surface area contributed by atoms with Gasteiger partial charge >= 0.3 is 0 Å². The van der Waals surface area contributed by atoms with Gasteiger partial charge in [0.1, 0.15) is 34.7 Å². The number of aromatic hydroxyl groups is 2. The molecule has 3 aromatic rings. The molecule has 0 fully saturated rings. The lowest BCUT2D eigenvalue weighted by atomic mass is 9.87. The quantitative estimate of drug-likeness (QED) is 0.221. The Morgan fingerprint density at radius 1 is 1.02 bits per heavy atom. The Hall–Kier alpha value is -3.98. The zero-order valence-corrected chi connectivity index (χ0v) is 26.6. The van der Waals surface area contributed by atoms with Crippen molar-refractivity contribution in [2.24, 2.45) is 5.92 Å². The Morgan fingerprint density at radius 2 is 1.60 bits per heavy atom. The lowest BCUT2D eigenvalue weighted by Crippen LogP contribution is -2.30. The maximum absolute atomic E-state index is 13.0. The first-order valence-corrected chi connectivity index (χ1v) is 15.2. The van der Waals surface area contributed by atoms with E-state index in [4.69, 9.17) is 0 Å². The van der Waals surface area contributed by atoms with Gasteiger partial charge in [-0.2, -0.15) is 5.26 Å². The Balaban J connectivity index is 2.43. The summed E-state index contributed by atoms with van der Waals surface area (Å²) < 4.78 is 0. The Morgan fingerprint density at radius 3 is 2.10 bits per heavy atom. The first-order chi connectivity index (χ1) is 19.9. The number of anilines is 1. The number of carbonyl (C=O) groups is 1. The summed E-state index contributed by atoms with van der Waals surface area (Å²) in [4.78, 5) is 19.0. The molecule has 0 aliphatic carbocycles. The number of hydrogen-bond acceptors (Lipinski definition) is 5. The molecule has 1 atom stereocenters. The van der Waals surface area contributed by atoms with Gasteiger partial charge < -0.3 is 20.1 Å². The molecule has 1 aromatic heterocycles. The van der Waals surface area contributed by atoms with E-state index >= 15 is 0 Å². The minimum atomic E-state index is -0.800. The number of hydrogen-bond donors (Lipinski definition) is 3. The maximum atomic E-state index is 13.0. The normalized spacial score (nSPS) is 12.5. The number of phenols is 2. The van der Waals surface area contributed by atoms with E-state index in [0.29, 0.717) is 5.22 Å². The van der Waals surface area contributed by atoms with Crippen molar-refractivity contribution in [2.45, 2.75) is 87.0 Å². The summed E-state index contributed by atoms with van der Waals surface area (Å²) in [6, 6.07) is 8.47. The molecule has 6 nitrogen and oxygen atoms in total. The monoisotopic (exact) mass is 569 g/mol. The molecule has 0 saturated carbocycles. The molecule has 1 unspecified atom stereocenters. The minimum absolute atomic E-state index is 0.0371. The number of rotatable bonds is 12. The molecular weight excluding hydrogens is 522 g/mol. The molecule has 0 amide bonds. The predicted molar refractivity (Wildman–Crippen MR) is 174 cm³/mol. The fourth-order valence-corrected chi connectivity index (χ4v) is 5.87. The number of unbranched alkanes of at least 4 members (excludes halogenated alkanes) is 2. The zero-order chi connectivity index (χ0) is 31.3. The van der Waals surface area contributed by atoms with E-state index in [1.807, 2.05) is 12.1 Å². The van der Waals surface area contributed by atoms with Crippen LogP contribution < -0.4 is 15.3 Å². The highest BCUT2D eigenvalue weighted by Gasteiger charge is 2.28. The van der Waals surface area contributed by atoms with Crippen LogP contribution in [0, 0.1) is 38.0 Å². The molecular formula is C36H47N3O3. The first-order valence-electron chi connectivity index (χ1n) is 15.2. The topological polar surface area (TPSA) is 100 Å². The van der Waals surface area contributed by atoms with Crippen molar-refractivity contribution in [1.29, 1.82) is 5.26 Å². The molecule has 3 N–H and O–H groups in total. The number of H-pyrrole nitrogens is 1. The van der Waals surface area contributed by atoms with Gasteiger partial charge in [-0.1, -0.05) is 71.7 Å². The molecule has 0 radical (unpaired) electrons. The van der Waals surface area contributed by atoms with Crippen molar-refractivity contribution in [2.75, 3.05) is 18.0 Å². The number of aromatic amines is 1. The van der Waals surface area contributed by atoms with Crippen LogP contribution in [-0.2, 0) is 4.79 Å². The van der Waals surface area contributed by atoms with Crippen LogP contribution in [0.25, 0.3) is 23.9 Å². The van der Waals surface area contributed by atoms with Crippen LogP contribution in [0.15, 0.2) is 18.2 Å². The third kappa shape index (κ3) is 6.57. The van der Waals surface area contributed by atoms with Crippen molar-refractivity contribution in [3.8, 4) is 28.8 Å². The molecule has 0 spiro atoms. The molecule has 1 heterocycles. The number of aryl methyl sites for hydroxylation is 3. The van der Waals surface area contributed by atoms with Gasteiger partial charge in [0.05, 0.1) is 5.69 Å². The number of benzene rings is 2. The van der Waals surface area contributed by atoms with Gasteiger partial charge in [-0.15, -0.1) is 0 Å². The first kappa shape index (κ1) is 32.5. The smallest absolute Gasteiger partial charge is 0.142 e. The van der Waals surface area contributed by atoms with Crippen LogP contribution in [0.5, 0.6) is 11.5 Å². The highest BCUT2D eigenvalue weighted by atomic mass is 16.3. The van der Waals surface area contributed by atoms with Crippen LogP contribution in [0.1, 0.15) is 99.6 Å². The number of nitrogens with one attached hydrogen (secondary N) is 1. The molecule has 6 heteroatoms. The second kappa shape index (κ2) is 13.8. The summed E-state index contributed by atoms with van der Waals surface area (Å²) >= 11 is 0. The summed E-state index contributed by atoms with van der Waals surface area (Å²) in [7, 11) is 0. The molecule has 0 bridgehead atoms. The SMILES string of the molecule is C=c1c(C#N)c(O)c(C(C)C(=O)C(C)C)c(O)/c1=C\c1cc(N(CCCC)CCCC)[nH]c1-c1c(C)cc(C)cc1C. The van der Waals surface area contributed by atoms with E-state index in [1.165, 1.54) is 5.56 Å². The number of aromatic nitrogens is 1. The number of carbonyl (C=O) groups excluding carboxylic acids is 1. The number of phenolic OH excluding ortho intramolecular Hbond substituents is 2. The maximum Gasteiger partial charge on any atom is 0.142 e. The van der Waals surface area contributed by atoms with Gasteiger partial charge in [0.25, 0.3) is 0 Å². The van der Waals surface area contributed by atoms with E-state index in [1.54, 1.807) is 20.8 Å². The second-order valence-electron chi connectivity index (χ2n) is 11.9. The van der Waals surface area contributed by atoms with E-state index in [2.05, 4.69) is 69.3 Å². The van der Waals surface area contributed by atoms with Crippen molar-refractivity contribution >= 4 is 24.3 Å².